The Hall–Kier alpha value is -1.82. The topological polar surface area (TPSA) is 27.0 Å². The summed E-state index contributed by atoms with van der Waals surface area (Å²) in [5.41, 5.74) is 2.14. The summed E-state index contributed by atoms with van der Waals surface area (Å²) in [5.74, 6) is 0.479. The van der Waals surface area contributed by atoms with Crippen LogP contribution in [0.5, 0.6) is 0 Å². The van der Waals surface area contributed by atoms with E-state index in [1.54, 1.807) is 0 Å². The van der Waals surface area contributed by atoms with Crippen LogP contribution in [0.4, 0.5) is 0 Å². The average Bonchev–Trinajstić information content (AvgIpc) is 2.67. The molecule has 148 valence electrons. The Labute approximate surface area is 175 Å². The first kappa shape index (κ1) is 20.9. The van der Waals surface area contributed by atoms with E-state index in [4.69, 9.17) is 11.6 Å². The van der Waals surface area contributed by atoms with Crippen molar-refractivity contribution in [2.45, 2.75) is 57.4 Å². The second kappa shape index (κ2) is 10.1. The lowest BCUT2D eigenvalue weighted by Crippen LogP contribution is -2.39. The highest BCUT2D eigenvalue weighted by molar-refractivity contribution is 6.30. The minimum absolute atomic E-state index is 0.368. The molecule has 0 saturated heterocycles. The first-order valence-electron chi connectivity index (χ1n) is 10.6. The number of benzene rings is 2. The maximum atomic E-state index is 10.2. The zero-order valence-electron chi connectivity index (χ0n) is 16.9. The normalized spacial score (nSPS) is 16.4. The Morgan fingerprint density at radius 1 is 1.07 bits per heavy atom. The first-order chi connectivity index (χ1) is 13.7. The average molecular weight is 395 g/mol. The molecule has 2 nitrogen and oxygen atoms in total. The minimum Gasteiger partial charge on any atom is -0.299 e. The van der Waals surface area contributed by atoms with Crippen LogP contribution in [0.1, 0.15) is 56.6 Å². The Morgan fingerprint density at radius 2 is 1.79 bits per heavy atom. The monoisotopic (exact) mass is 394 g/mol. The fraction of sp³-hybridized carbons (Fsp3) is 0.480. The van der Waals surface area contributed by atoms with Crippen LogP contribution in [0, 0.1) is 17.2 Å². The summed E-state index contributed by atoms with van der Waals surface area (Å²) in [7, 11) is 0. The van der Waals surface area contributed by atoms with Gasteiger partial charge in [-0.3, -0.25) is 4.90 Å². The molecule has 1 aliphatic rings. The van der Waals surface area contributed by atoms with Crippen molar-refractivity contribution in [3.63, 3.8) is 0 Å². The molecule has 2 aromatic carbocycles. The van der Waals surface area contributed by atoms with Crippen molar-refractivity contribution < 1.29 is 0 Å². The summed E-state index contributed by atoms with van der Waals surface area (Å²) in [6, 6.07) is 21.4. The third-order valence-electron chi connectivity index (χ3n) is 6.20. The van der Waals surface area contributed by atoms with Crippen LogP contribution >= 0.6 is 11.6 Å². The molecule has 1 aliphatic carbocycles. The molecule has 2 aromatic rings. The van der Waals surface area contributed by atoms with Crippen molar-refractivity contribution in [2.24, 2.45) is 5.92 Å². The van der Waals surface area contributed by atoms with Crippen LogP contribution in [0.25, 0.3) is 0 Å². The van der Waals surface area contributed by atoms with Crippen molar-refractivity contribution in [3.8, 4) is 6.07 Å². The molecule has 0 aliphatic heterocycles. The van der Waals surface area contributed by atoms with Gasteiger partial charge in [0, 0.05) is 11.6 Å². The minimum atomic E-state index is -0.368. The summed E-state index contributed by atoms with van der Waals surface area (Å²) in [6.45, 7) is 5.35. The molecule has 1 unspecified atom stereocenters. The second-order valence-corrected chi connectivity index (χ2v) is 8.52. The van der Waals surface area contributed by atoms with E-state index < -0.39 is 0 Å². The lowest BCUT2D eigenvalue weighted by molar-refractivity contribution is 0.182. The summed E-state index contributed by atoms with van der Waals surface area (Å²) in [4.78, 5) is 2.53. The molecule has 0 amide bonds. The second-order valence-electron chi connectivity index (χ2n) is 8.08. The summed E-state index contributed by atoms with van der Waals surface area (Å²) < 4.78 is 0. The Balaban J connectivity index is 1.68. The van der Waals surface area contributed by atoms with Crippen molar-refractivity contribution in [1.29, 1.82) is 5.26 Å². The molecule has 0 bridgehead atoms. The predicted octanol–water partition coefficient (Wildman–Crippen LogP) is 6.59. The third kappa shape index (κ3) is 4.96. The number of nitrogens with zero attached hydrogens (tertiary/aromatic N) is 2. The zero-order valence-corrected chi connectivity index (χ0v) is 17.7. The molecule has 3 heteroatoms. The van der Waals surface area contributed by atoms with Crippen LogP contribution in [0.3, 0.4) is 0 Å². The Bertz CT molecular complexity index is 761. The molecule has 0 aromatic heterocycles. The van der Waals surface area contributed by atoms with Gasteiger partial charge >= 0.3 is 0 Å². The van der Waals surface area contributed by atoms with Gasteiger partial charge in [-0.2, -0.15) is 5.26 Å². The van der Waals surface area contributed by atoms with Crippen molar-refractivity contribution in [2.75, 3.05) is 13.1 Å². The van der Waals surface area contributed by atoms with Crippen LogP contribution in [0.2, 0.25) is 5.02 Å². The summed E-state index contributed by atoms with van der Waals surface area (Å²) >= 11 is 6.10. The van der Waals surface area contributed by atoms with Crippen LogP contribution in [-0.2, 0) is 12.0 Å². The van der Waals surface area contributed by atoms with Gasteiger partial charge in [0.25, 0.3) is 0 Å². The van der Waals surface area contributed by atoms with Crippen molar-refractivity contribution in [1.82, 2.24) is 4.90 Å². The first-order valence-corrected chi connectivity index (χ1v) is 11.0. The highest BCUT2D eigenvalue weighted by Gasteiger charge is 2.43. The smallest absolute Gasteiger partial charge is 0.0850 e. The van der Waals surface area contributed by atoms with Gasteiger partial charge in [0.15, 0.2) is 0 Å². The molecule has 0 heterocycles. The van der Waals surface area contributed by atoms with Crippen LogP contribution in [0.15, 0.2) is 54.6 Å². The maximum Gasteiger partial charge on any atom is 0.0850 e. The summed E-state index contributed by atoms with van der Waals surface area (Å²) in [5, 5.41) is 11.0. The van der Waals surface area contributed by atoms with E-state index in [0.29, 0.717) is 5.92 Å². The van der Waals surface area contributed by atoms with Gasteiger partial charge in [-0.15, -0.1) is 0 Å². The van der Waals surface area contributed by atoms with E-state index in [-0.39, 0.29) is 5.41 Å². The van der Waals surface area contributed by atoms with Gasteiger partial charge in [-0.1, -0.05) is 67.4 Å². The van der Waals surface area contributed by atoms with E-state index in [2.05, 4.69) is 60.4 Å². The van der Waals surface area contributed by atoms with E-state index in [0.717, 1.165) is 49.5 Å². The van der Waals surface area contributed by atoms with Gasteiger partial charge < -0.3 is 0 Å². The summed E-state index contributed by atoms with van der Waals surface area (Å²) in [6.07, 6.45) is 6.69. The van der Waals surface area contributed by atoms with E-state index in [9.17, 15) is 5.26 Å². The SMILES string of the molecule is CCCN(CCCC(C#N)(c1ccc(Cl)cc1)C1CCC1)Cc1ccccc1. The molecule has 1 atom stereocenters. The molecule has 28 heavy (non-hydrogen) atoms. The van der Waals surface area contributed by atoms with Gasteiger partial charge in [-0.05, 0) is 74.4 Å². The molecule has 0 N–H and O–H groups in total. The molecule has 1 saturated carbocycles. The molecule has 1 fully saturated rings. The fourth-order valence-corrected chi connectivity index (χ4v) is 4.58. The largest absolute Gasteiger partial charge is 0.299 e. The highest BCUT2D eigenvalue weighted by Crippen LogP contribution is 2.47. The quantitative estimate of drug-likeness (QED) is 0.454. The molecule has 0 radical (unpaired) electrons. The van der Waals surface area contributed by atoms with Crippen LogP contribution < -0.4 is 0 Å². The standard InChI is InChI=1S/C25H31ClN2/c1-2-17-28(19-21-8-4-3-5-9-21)18-7-16-25(20-27,22-10-6-11-22)23-12-14-24(26)15-13-23/h3-5,8-9,12-15,22H,2,6-7,10-11,16-19H2,1H3. The lowest BCUT2D eigenvalue weighted by Gasteiger charge is -2.41. The third-order valence-corrected chi connectivity index (χ3v) is 6.45. The molecular weight excluding hydrogens is 364 g/mol. The lowest BCUT2D eigenvalue weighted by atomic mass is 9.61. The van der Waals surface area contributed by atoms with Crippen molar-refractivity contribution in [3.05, 3.63) is 70.7 Å². The molecule has 3 rings (SSSR count). The van der Waals surface area contributed by atoms with E-state index in [1.807, 2.05) is 12.1 Å². The predicted molar refractivity (Wildman–Crippen MR) is 117 cm³/mol. The fourth-order valence-electron chi connectivity index (χ4n) is 4.45. The van der Waals surface area contributed by atoms with Gasteiger partial charge in [0.1, 0.15) is 0 Å². The van der Waals surface area contributed by atoms with Gasteiger partial charge in [-0.25, -0.2) is 0 Å². The number of hydrogen-bond acceptors (Lipinski definition) is 2. The zero-order chi connectivity index (χ0) is 19.8. The molecular formula is C25H31ClN2. The highest BCUT2D eigenvalue weighted by atomic mass is 35.5. The van der Waals surface area contributed by atoms with Crippen LogP contribution in [-0.4, -0.2) is 18.0 Å². The van der Waals surface area contributed by atoms with Gasteiger partial charge in [0.05, 0.1) is 11.5 Å². The number of halogens is 1. The van der Waals surface area contributed by atoms with E-state index in [1.165, 1.54) is 24.8 Å². The number of nitriles is 1. The van der Waals surface area contributed by atoms with Gasteiger partial charge in [0.2, 0.25) is 0 Å². The number of hydrogen-bond donors (Lipinski definition) is 0. The van der Waals surface area contributed by atoms with E-state index >= 15 is 0 Å². The maximum absolute atomic E-state index is 10.2. The Kier molecular flexibility index (Phi) is 7.54. The number of rotatable bonds is 10. The van der Waals surface area contributed by atoms with Crippen molar-refractivity contribution >= 4 is 11.6 Å². The Morgan fingerprint density at radius 3 is 2.36 bits per heavy atom. The molecule has 0 spiro atoms.